The van der Waals surface area contributed by atoms with Crippen molar-refractivity contribution < 1.29 is 48.7 Å². The number of primary amides is 1. The molecule has 22 heteroatoms. The largest absolute Gasteiger partial charge is 0.502 e. The molecule has 14 N–H and O–H groups in total. The number of amides is 7. The summed E-state index contributed by atoms with van der Waals surface area (Å²) in [6.45, 7) is 0.433. The Morgan fingerprint density at radius 2 is 1.34 bits per heavy atom. The van der Waals surface area contributed by atoms with Crippen molar-refractivity contribution in [3.63, 3.8) is 0 Å². The van der Waals surface area contributed by atoms with Gasteiger partial charge in [0.25, 0.3) is 0 Å². The Morgan fingerprint density at radius 3 is 1.93 bits per heavy atom. The molecule has 1 aromatic carbocycles. The minimum absolute atomic E-state index is 0.0945. The molecule has 0 aliphatic heterocycles. The van der Waals surface area contributed by atoms with Crippen LogP contribution in [0, 0.1) is 10.1 Å². The van der Waals surface area contributed by atoms with Crippen LogP contribution in [0.25, 0.3) is 0 Å². The Morgan fingerprint density at radius 1 is 0.746 bits per heavy atom. The van der Waals surface area contributed by atoms with Crippen molar-refractivity contribution in [3.8, 4) is 5.75 Å². The lowest BCUT2D eigenvalue weighted by Crippen LogP contribution is -2.58. The summed E-state index contributed by atoms with van der Waals surface area (Å²) in [5.41, 5.74) is 16.5. The number of hydrogen-bond donors (Lipinski definition) is 11. The fourth-order valence-corrected chi connectivity index (χ4v) is 5.73. The van der Waals surface area contributed by atoms with Gasteiger partial charge in [-0.25, -0.2) is 0 Å². The van der Waals surface area contributed by atoms with E-state index in [1.165, 1.54) is 12.3 Å². The van der Waals surface area contributed by atoms with Crippen LogP contribution in [0.2, 0.25) is 0 Å². The molecule has 2 aromatic rings. The van der Waals surface area contributed by atoms with Gasteiger partial charge in [-0.2, -0.15) is 0 Å². The van der Waals surface area contributed by atoms with Crippen LogP contribution >= 0.6 is 0 Å². The predicted octanol–water partition coefficient (Wildman–Crippen LogP) is -2.83. The molecular weight excluding hydrogens is 774 g/mol. The molecule has 7 amide bonds. The van der Waals surface area contributed by atoms with E-state index in [2.05, 4.69) is 36.9 Å². The minimum Gasteiger partial charge on any atom is -0.502 e. The summed E-state index contributed by atoms with van der Waals surface area (Å²) in [7, 11) is 0. The van der Waals surface area contributed by atoms with Crippen LogP contribution in [0.4, 0.5) is 5.69 Å². The van der Waals surface area contributed by atoms with Crippen molar-refractivity contribution in [2.24, 2.45) is 17.2 Å². The van der Waals surface area contributed by atoms with Gasteiger partial charge >= 0.3 is 5.69 Å². The molecule has 324 valence electrons. The number of benzene rings is 1. The predicted molar refractivity (Wildman–Crippen MR) is 211 cm³/mol. The van der Waals surface area contributed by atoms with Gasteiger partial charge in [0.05, 0.1) is 18.1 Å². The molecule has 0 bridgehead atoms. The molecule has 1 heterocycles. The highest BCUT2D eigenvalue weighted by atomic mass is 16.6. The van der Waals surface area contributed by atoms with E-state index < -0.39 is 101 Å². The van der Waals surface area contributed by atoms with E-state index in [1.807, 2.05) is 0 Å². The Labute approximate surface area is 340 Å². The topological polar surface area (TPSA) is 366 Å². The number of nitrogens with zero attached hydrogens (tertiary/aromatic N) is 2. The lowest BCUT2D eigenvalue weighted by Gasteiger charge is -2.25. The highest BCUT2D eigenvalue weighted by Gasteiger charge is 2.31. The second kappa shape index (κ2) is 25.9. The van der Waals surface area contributed by atoms with Gasteiger partial charge in [0.1, 0.15) is 30.2 Å². The van der Waals surface area contributed by atoms with Crippen molar-refractivity contribution >= 4 is 47.0 Å². The van der Waals surface area contributed by atoms with E-state index >= 15 is 0 Å². The van der Waals surface area contributed by atoms with Crippen molar-refractivity contribution in [2.45, 2.75) is 94.9 Å². The van der Waals surface area contributed by atoms with Crippen LogP contribution in [-0.2, 0) is 46.4 Å². The van der Waals surface area contributed by atoms with Crippen LogP contribution in [0.15, 0.2) is 42.6 Å². The highest BCUT2D eigenvalue weighted by Crippen LogP contribution is 2.27. The van der Waals surface area contributed by atoms with E-state index in [1.54, 1.807) is 18.2 Å². The number of aliphatic hydroxyl groups is 1. The summed E-state index contributed by atoms with van der Waals surface area (Å²) >= 11 is 0. The van der Waals surface area contributed by atoms with Crippen molar-refractivity contribution in [3.05, 3.63) is 64.0 Å². The van der Waals surface area contributed by atoms with E-state index in [9.17, 15) is 53.9 Å². The number of aromatic hydroxyl groups is 1. The van der Waals surface area contributed by atoms with E-state index in [-0.39, 0.29) is 31.2 Å². The molecular formula is C37H55N11O11. The van der Waals surface area contributed by atoms with Crippen LogP contribution < -0.4 is 49.1 Å². The van der Waals surface area contributed by atoms with Crippen LogP contribution in [0.1, 0.15) is 63.1 Å². The maximum Gasteiger partial charge on any atom is 0.310 e. The number of rotatable bonds is 27. The van der Waals surface area contributed by atoms with Crippen molar-refractivity contribution in [1.29, 1.82) is 0 Å². The normalized spacial score (nSPS) is 13.4. The summed E-state index contributed by atoms with van der Waals surface area (Å²) in [5.74, 6) is -6.37. The lowest BCUT2D eigenvalue weighted by molar-refractivity contribution is -0.385. The van der Waals surface area contributed by atoms with Gasteiger partial charge in [-0.1, -0.05) is 25.0 Å². The number of hydrogen-bond acceptors (Lipinski definition) is 14. The van der Waals surface area contributed by atoms with Crippen molar-refractivity contribution in [2.75, 3.05) is 26.2 Å². The summed E-state index contributed by atoms with van der Waals surface area (Å²) < 4.78 is 0. The molecule has 0 radical (unpaired) electrons. The van der Waals surface area contributed by atoms with Gasteiger partial charge in [0.2, 0.25) is 41.4 Å². The zero-order chi connectivity index (χ0) is 43.9. The fourth-order valence-electron chi connectivity index (χ4n) is 5.73. The first-order chi connectivity index (χ1) is 28.1. The zero-order valence-electron chi connectivity index (χ0n) is 32.8. The molecule has 0 aliphatic carbocycles. The number of phenolic OH excluding ortho intramolecular Hbond substituents is 1. The van der Waals surface area contributed by atoms with Crippen LogP contribution in [0.5, 0.6) is 5.75 Å². The van der Waals surface area contributed by atoms with Gasteiger partial charge in [-0.15, -0.1) is 0 Å². The number of aliphatic hydroxyl groups excluding tert-OH is 1. The molecule has 59 heavy (non-hydrogen) atoms. The average Bonchev–Trinajstić information content (AvgIpc) is 3.19. The Hall–Kier alpha value is -6.26. The molecule has 0 spiro atoms. The molecule has 0 saturated carbocycles. The third kappa shape index (κ3) is 17.8. The molecule has 22 nitrogen and oxygen atoms in total. The smallest absolute Gasteiger partial charge is 0.310 e. The molecule has 0 fully saturated rings. The van der Waals surface area contributed by atoms with Gasteiger partial charge in [0, 0.05) is 37.7 Å². The summed E-state index contributed by atoms with van der Waals surface area (Å²) in [4.78, 5) is 106. The third-order valence-electron chi connectivity index (χ3n) is 8.84. The minimum atomic E-state index is -1.50. The second-order valence-electron chi connectivity index (χ2n) is 13.6. The highest BCUT2D eigenvalue weighted by molar-refractivity contribution is 5.96. The number of carbonyl (C=O) groups excluding carboxylic acids is 7. The van der Waals surface area contributed by atoms with Crippen molar-refractivity contribution in [1.82, 2.24) is 36.9 Å². The standard InChI is InChI=1S/C37H55N11O11/c1-22(50)43-29(21-49)37(57)46-26(11-4-7-15-39)34(54)42-20-32(52)44-28(19-24-9-5-8-16-41-24)36(56)47-27(17-23-12-13-31(51)30(18-23)48(58)59)35(55)45-25(33(40)53)10-3-2-6-14-38/h5,8-9,12-13,16,18,25-29,49,51H,2-4,6-7,10-11,14-15,17,19-21,38-39H2,1H3,(H2,40,53)(H,42,54)(H,43,50)(H,44,52)(H,45,55)(H,46,57)(H,47,56)/t25-,26+,27+,28+,29+/m1/s1. The number of nitro groups is 1. The number of aromatic nitrogens is 1. The van der Waals surface area contributed by atoms with E-state index in [4.69, 9.17) is 17.2 Å². The first-order valence-electron chi connectivity index (χ1n) is 19.0. The van der Waals surface area contributed by atoms with Gasteiger partial charge in [-0.05, 0) is 69.0 Å². The monoisotopic (exact) mass is 829 g/mol. The second-order valence-corrected chi connectivity index (χ2v) is 13.6. The Bertz CT molecular complexity index is 1750. The molecule has 0 saturated heterocycles. The summed E-state index contributed by atoms with van der Waals surface area (Å²) in [5, 5.41) is 45.8. The number of pyridine rings is 1. The number of nitro benzene ring substituents is 1. The average molecular weight is 830 g/mol. The first kappa shape index (κ1) is 48.9. The molecule has 0 aliphatic rings. The Balaban J connectivity index is 2.35. The SMILES string of the molecule is CC(=O)N[C@@H](CO)C(=O)N[C@@H](CCCCN)C(=O)NCC(=O)N[C@@H](Cc1ccccn1)C(=O)N[C@@H](Cc1ccc(O)c([N+](=O)[O-])c1)C(=O)N[C@H](CCCCCN)C(N)=O. The lowest BCUT2D eigenvalue weighted by atomic mass is 10.0. The molecule has 5 atom stereocenters. The van der Waals surface area contributed by atoms with E-state index in [0.29, 0.717) is 50.9 Å². The zero-order valence-corrected chi connectivity index (χ0v) is 32.8. The molecule has 1 aromatic heterocycles. The number of unbranched alkanes of at least 4 members (excludes halogenated alkanes) is 3. The third-order valence-corrected chi connectivity index (χ3v) is 8.84. The fraction of sp³-hybridized carbons (Fsp3) is 0.514. The number of phenols is 1. The van der Waals surface area contributed by atoms with Crippen LogP contribution in [0.3, 0.4) is 0 Å². The maximum absolute atomic E-state index is 14.0. The summed E-state index contributed by atoms with van der Waals surface area (Å²) in [6, 6.07) is 1.59. The quantitative estimate of drug-likeness (QED) is 0.0246. The number of carbonyl (C=O) groups is 7. The van der Waals surface area contributed by atoms with E-state index in [0.717, 1.165) is 19.1 Å². The van der Waals surface area contributed by atoms with Gasteiger partial charge in [-0.3, -0.25) is 48.7 Å². The van der Waals surface area contributed by atoms with Gasteiger partial charge in [0.15, 0.2) is 5.75 Å². The maximum atomic E-state index is 14.0. The first-order valence-corrected chi connectivity index (χ1v) is 19.0. The van der Waals surface area contributed by atoms with Gasteiger partial charge < -0.3 is 59.3 Å². The van der Waals surface area contributed by atoms with Crippen LogP contribution in [-0.4, -0.2) is 118 Å². The number of nitrogens with two attached hydrogens (primary N) is 3. The molecule has 0 unspecified atom stereocenters. The Kier molecular flexibility index (Phi) is 21.4. The summed E-state index contributed by atoms with van der Waals surface area (Å²) in [6.07, 6.45) is 3.83. The number of nitrogens with one attached hydrogen (secondary N) is 6. The molecule has 2 rings (SSSR count).